The van der Waals surface area contributed by atoms with Crippen LogP contribution >= 0.6 is 11.3 Å². The molecule has 2 heterocycles. The van der Waals surface area contributed by atoms with Crippen molar-refractivity contribution in [3.05, 3.63) is 41.3 Å². The number of rotatable bonds is 3. The lowest BCUT2D eigenvalue weighted by Crippen LogP contribution is -2.30. The zero-order valence-corrected chi connectivity index (χ0v) is 11.9. The first-order valence-corrected chi connectivity index (χ1v) is 8.14. The highest BCUT2D eigenvalue weighted by Gasteiger charge is 2.37. The van der Waals surface area contributed by atoms with Crippen molar-refractivity contribution in [2.75, 3.05) is 6.54 Å². The fraction of sp³-hybridized carbons (Fsp3) is 0.154. The minimum Gasteiger partial charge on any atom is -0.480 e. The van der Waals surface area contributed by atoms with E-state index in [9.17, 15) is 13.2 Å². The van der Waals surface area contributed by atoms with Crippen molar-refractivity contribution in [3.8, 4) is 10.4 Å². The third kappa shape index (κ3) is 2.13. The molecule has 0 spiro atoms. The Morgan fingerprint density at radius 3 is 2.60 bits per heavy atom. The minimum atomic E-state index is -3.67. The standard InChI is InChI=1S/C13H11NO4S2/c15-13(16)8-14-7-11-12(20(14,17)18)6-10(19-11)9-4-2-1-3-5-9/h1-6H,7-8H2,(H,15,16). The molecule has 104 valence electrons. The maximum atomic E-state index is 12.2. The third-order valence-corrected chi connectivity index (χ3v) is 6.23. The molecule has 20 heavy (non-hydrogen) atoms. The minimum absolute atomic E-state index is 0.140. The predicted molar refractivity (Wildman–Crippen MR) is 75.0 cm³/mol. The summed E-state index contributed by atoms with van der Waals surface area (Å²) in [6, 6.07) is 11.2. The highest BCUT2D eigenvalue weighted by molar-refractivity contribution is 7.89. The summed E-state index contributed by atoms with van der Waals surface area (Å²) in [7, 11) is -3.67. The van der Waals surface area contributed by atoms with Gasteiger partial charge in [0, 0.05) is 9.75 Å². The largest absolute Gasteiger partial charge is 0.480 e. The number of carboxylic acids is 1. The summed E-state index contributed by atoms with van der Waals surface area (Å²) in [5, 5.41) is 8.75. The fourth-order valence-electron chi connectivity index (χ4n) is 2.16. The van der Waals surface area contributed by atoms with E-state index in [1.54, 1.807) is 6.07 Å². The lowest BCUT2D eigenvalue weighted by molar-refractivity contribution is -0.137. The Morgan fingerprint density at radius 1 is 1.30 bits per heavy atom. The molecule has 2 aromatic rings. The van der Waals surface area contributed by atoms with Crippen LogP contribution in [0.15, 0.2) is 41.3 Å². The van der Waals surface area contributed by atoms with Gasteiger partial charge in [0.15, 0.2) is 0 Å². The fourth-order valence-corrected chi connectivity index (χ4v) is 5.31. The summed E-state index contributed by atoms with van der Waals surface area (Å²) in [5.74, 6) is -1.15. The third-order valence-electron chi connectivity index (χ3n) is 3.08. The van der Waals surface area contributed by atoms with E-state index in [0.717, 1.165) is 14.7 Å². The summed E-state index contributed by atoms with van der Waals surface area (Å²) < 4.78 is 25.5. The normalized spacial score (nSPS) is 17.0. The highest BCUT2D eigenvalue weighted by Crippen LogP contribution is 2.40. The van der Waals surface area contributed by atoms with E-state index in [-0.39, 0.29) is 11.4 Å². The SMILES string of the molecule is O=C(O)CN1Cc2sc(-c3ccccc3)cc2S1(=O)=O. The number of sulfonamides is 1. The van der Waals surface area contributed by atoms with Crippen molar-refractivity contribution in [1.82, 2.24) is 4.31 Å². The number of aliphatic carboxylic acids is 1. The van der Waals surface area contributed by atoms with Crippen LogP contribution in [0.5, 0.6) is 0 Å². The van der Waals surface area contributed by atoms with Crippen molar-refractivity contribution in [2.45, 2.75) is 11.4 Å². The van der Waals surface area contributed by atoms with Crippen molar-refractivity contribution >= 4 is 27.3 Å². The highest BCUT2D eigenvalue weighted by atomic mass is 32.2. The Hall–Kier alpha value is -1.70. The van der Waals surface area contributed by atoms with Crippen LogP contribution < -0.4 is 0 Å². The van der Waals surface area contributed by atoms with Crippen LogP contribution in [0.1, 0.15) is 4.88 Å². The van der Waals surface area contributed by atoms with Crippen LogP contribution in [-0.2, 0) is 21.4 Å². The number of nitrogens with zero attached hydrogens (tertiary/aromatic N) is 1. The van der Waals surface area contributed by atoms with Crippen molar-refractivity contribution in [2.24, 2.45) is 0 Å². The molecule has 3 rings (SSSR count). The lowest BCUT2D eigenvalue weighted by Gasteiger charge is -2.11. The summed E-state index contributed by atoms with van der Waals surface area (Å²) >= 11 is 1.39. The lowest BCUT2D eigenvalue weighted by atomic mass is 10.2. The number of benzene rings is 1. The molecule has 0 fully saturated rings. The van der Waals surface area contributed by atoms with Gasteiger partial charge in [-0.1, -0.05) is 30.3 Å². The molecular formula is C13H11NO4S2. The van der Waals surface area contributed by atoms with Gasteiger partial charge >= 0.3 is 5.97 Å². The topological polar surface area (TPSA) is 74.7 Å². The molecule has 7 heteroatoms. The van der Waals surface area contributed by atoms with Gasteiger partial charge in [0.05, 0.1) is 11.4 Å². The first kappa shape index (κ1) is 13.3. The molecule has 0 aliphatic carbocycles. The van der Waals surface area contributed by atoms with Gasteiger partial charge in [0.25, 0.3) is 0 Å². The maximum Gasteiger partial charge on any atom is 0.318 e. The molecule has 1 aliphatic heterocycles. The second kappa shape index (κ2) is 4.69. The molecule has 0 saturated heterocycles. The van der Waals surface area contributed by atoms with Crippen molar-refractivity contribution in [3.63, 3.8) is 0 Å². The Kier molecular flexibility index (Phi) is 3.12. The predicted octanol–water partition coefficient (Wildman–Crippen LogP) is 2.00. The Labute approximate surface area is 120 Å². The van der Waals surface area contributed by atoms with Gasteiger partial charge in [-0.3, -0.25) is 4.79 Å². The molecule has 1 N–H and O–H groups in total. The van der Waals surface area contributed by atoms with Gasteiger partial charge in [-0.05, 0) is 11.6 Å². The van der Waals surface area contributed by atoms with E-state index < -0.39 is 22.5 Å². The Morgan fingerprint density at radius 2 is 2.00 bits per heavy atom. The van der Waals surface area contributed by atoms with Gasteiger partial charge in [-0.25, -0.2) is 8.42 Å². The smallest absolute Gasteiger partial charge is 0.318 e. The number of thiophene rings is 1. The van der Waals surface area contributed by atoms with E-state index in [0.29, 0.717) is 4.88 Å². The average molecular weight is 309 g/mol. The van der Waals surface area contributed by atoms with Crippen LogP contribution in [-0.4, -0.2) is 30.3 Å². The monoisotopic (exact) mass is 309 g/mol. The molecule has 5 nitrogen and oxygen atoms in total. The van der Waals surface area contributed by atoms with Crippen LogP contribution in [0.4, 0.5) is 0 Å². The molecular weight excluding hydrogens is 298 g/mol. The average Bonchev–Trinajstić information content (AvgIpc) is 2.91. The van der Waals surface area contributed by atoms with Crippen molar-refractivity contribution < 1.29 is 18.3 Å². The van der Waals surface area contributed by atoms with E-state index in [2.05, 4.69) is 0 Å². The molecule has 1 aromatic heterocycles. The number of fused-ring (bicyclic) bond motifs is 1. The molecule has 0 radical (unpaired) electrons. The van der Waals surface area contributed by atoms with E-state index in [4.69, 9.17) is 5.11 Å². The van der Waals surface area contributed by atoms with Crippen LogP contribution in [0, 0.1) is 0 Å². The number of carbonyl (C=O) groups is 1. The maximum absolute atomic E-state index is 12.2. The van der Waals surface area contributed by atoms with Gasteiger partial charge < -0.3 is 5.11 Å². The molecule has 0 unspecified atom stereocenters. The molecule has 1 aliphatic rings. The Bertz CT molecular complexity index is 765. The van der Waals surface area contributed by atoms with E-state index in [1.807, 2.05) is 30.3 Å². The first-order chi connectivity index (χ1) is 9.48. The van der Waals surface area contributed by atoms with Crippen LogP contribution in [0.3, 0.4) is 0 Å². The number of carboxylic acid groups (broad SMARTS) is 1. The van der Waals surface area contributed by atoms with Gasteiger partial charge in [-0.15, -0.1) is 11.3 Å². The summed E-state index contributed by atoms with van der Waals surface area (Å²) in [5.41, 5.74) is 0.965. The molecule has 0 saturated carbocycles. The summed E-state index contributed by atoms with van der Waals surface area (Å²) in [6.07, 6.45) is 0. The van der Waals surface area contributed by atoms with Gasteiger partial charge in [0.1, 0.15) is 6.54 Å². The second-order valence-electron chi connectivity index (χ2n) is 4.43. The van der Waals surface area contributed by atoms with Crippen LogP contribution in [0.25, 0.3) is 10.4 Å². The van der Waals surface area contributed by atoms with E-state index >= 15 is 0 Å². The Balaban J connectivity index is 1.99. The molecule has 0 amide bonds. The summed E-state index contributed by atoms with van der Waals surface area (Å²) in [6.45, 7) is -0.355. The summed E-state index contributed by atoms with van der Waals surface area (Å²) in [4.78, 5) is 12.5. The number of hydrogen-bond donors (Lipinski definition) is 1. The molecule has 0 atom stereocenters. The zero-order chi connectivity index (χ0) is 14.3. The quantitative estimate of drug-likeness (QED) is 0.941. The van der Waals surface area contributed by atoms with Gasteiger partial charge in [-0.2, -0.15) is 4.31 Å². The van der Waals surface area contributed by atoms with Gasteiger partial charge in [0.2, 0.25) is 10.0 Å². The first-order valence-electron chi connectivity index (χ1n) is 5.88. The van der Waals surface area contributed by atoms with Crippen LogP contribution in [0.2, 0.25) is 0 Å². The number of hydrogen-bond acceptors (Lipinski definition) is 4. The zero-order valence-electron chi connectivity index (χ0n) is 10.3. The second-order valence-corrected chi connectivity index (χ2v) is 7.47. The van der Waals surface area contributed by atoms with Crippen molar-refractivity contribution in [1.29, 1.82) is 0 Å². The molecule has 0 bridgehead atoms. The molecule has 1 aromatic carbocycles. The van der Waals surface area contributed by atoms with E-state index in [1.165, 1.54) is 11.3 Å².